The van der Waals surface area contributed by atoms with Gasteiger partial charge in [0, 0.05) is 18.1 Å². The van der Waals surface area contributed by atoms with E-state index in [-0.39, 0.29) is 23.5 Å². The molecule has 0 aliphatic carbocycles. The van der Waals surface area contributed by atoms with Crippen molar-refractivity contribution >= 4 is 44.0 Å². The van der Waals surface area contributed by atoms with Gasteiger partial charge >= 0.3 is 0 Å². The smallest absolute Gasteiger partial charge is 0.245 e. The second kappa shape index (κ2) is 9.63. The third kappa shape index (κ3) is 4.73. The fourth-order valence-electron chi connectivity index (χ4n) is 4.43. The molecule has 1 unspecified atom stereocenters. The van der Waals surface area contributed by atoms with Crippen LogP contribution in [0.25, 0.3) is 21.9 Å². The van der Waals surface area contributed by atoms with Crippen LogP contribution in [0.1, 0.15) is 12.0 Å². The highest BCUT2D eigenvalue weighted by Crippen LogP contribution is 2.30. The van der Waals surface area contributed by atoms with Crippen molar-refractivity contribution in [3.05, 3.63) is 95.3 Å². The number of carbonyl (C=O) groups is 1. The normalized spacial score (nSPS) is 16.1. The zero-order chi connectivity index (χ0) is 25.4. The van der Waals surface area contributed by atoms with Crippen LogP contribution in [0, 0.1) is 5.82 Å². The second-order valence-corrected chi connectivity index (χ2v) is 10.8. The molecular weight excluding hydrogens is 501 g/mol. The van der Waals surface area contributed by atoms with Crippen LogP contribution in [0.15, 0.2) is 83.8 Å². The maximum atomic E-state index is 15.1. The molecule has 4 aromatic carbocycles. The van der Waals surface area contributed by atoms with Gasteiger partial charge in [-0.1, -0.05) is 48.0 Å². The highest BCUT2D eigenvalue weighted by Gasteiger charge is 2.36. The lowest BCUT2D eigenvalue weighted by atomic mass is 10.0. The number of halogens is 2. The molecule has 0 saturated carbocycles. The molecule has 0 bridgehead atoms. The molecule has 1 heterocycles. The van der Waals surface area contributed by atoms with Crippen molar-refractivity contribution in [2.75, 3.05) is 11.4 Å². The monoisotopic (exact) mass is 523 g/mol. The van der Waals surface area contributed by atoms with E-state index in [0.29, 0.717) is 22.5 Å². The Hall–Kier alpha value is -3.30. The van der Waals surface area contributed by atoms with Gasteiger partial charge in [0.05, 0.1) is 10.6 Å². The SMILES string of the molecule is NCc1cccc(-c2ccc(N3CCC(NS(=O)(=O)c4ccc5cc(Cl)ccc5c4)C3=O)c(F)c2)c1. The average molecular weight is 524 g/mol. The Labute approximate surface area is 213 Å². The first-order valence-electron chi connectivity index (χ1n) is 11.4. The first-order valence-corrected chi connectivity index (χ1v) is 13.2. The van der Waals surface area contributed by atoms with Crippen LogP contribution in [0.2, 0.25) is 5.02 Å². The Morgan fingerprint density at radius 3 is 2.50 bits per heavy atom. The Balaban J connectivity index is 1.35. The average Bonchev–Trinajstić information content (AvgIpc) is 3.22. The van der Waals surface area contributed by atoms with Crippen LogP contribution in [0.5, 0.6) is 0 Å². The quantitative estimate of drug-likeness (QED) is 0.378. The summed E-state index contributed by atoms with van der Waals surface area (Å²) in [7, 11) is -3.98. The summed E-state index contributed by atoms with van der Waals surface area (Å²) in [4.78, 5) is 14.4. The molecule has 3 N–H and O–H groups in total. The summed E-state index contributed by atoms with van der Waals surface area (Å²) >= 11 is 6.00. The molecule has 1 amide bonds. The molecular formula is C27H23ClFN3O3S. The largest absolute Gasteiger partial charge is 0.326 e. The van der Waals surface area contributed by atoms with Crippen molar-refractivity contribution in [3.63, 3.8) is 0 Å². The summed E-state index contributed by atoms with van der Waals surface area (Å²) < 4.78 is 43.6. The second-order valence-electron chi connectivity index (χ2n) is 8.68. The summed E-state index contributed by atoms with van der Waals surface area (Å²) in [6, 6.07) is 21.0. The molecule has 1 saturated heterocycles. The lowest BCUT2D eigenvalue weighted by Gasteiger charge is -2.19. The summed E-state index contributed by atoms with van der Waals surface area (Å²) in [6.45, 7) is 0.572. The minimum atomic E-state index is -3.98. The highest BCUT2D eigenvalue weighted by atomic mass is 35.5. The molecule has 6 nitrogen and oxygen atoms in total. The van der Waals surface area contributed by atoms with Gasteiger partial charge in [-0.25, -0.2) is 12.8 Å². The topological polar surface area (TPSA) is 92.5 Å². The summed E-state index contributed by atoms with van der Waals surface area (Å²) in [6.07, 6.45) is 0.223. The lowest BCUT2D eigenvalue weighted by Crippen LogP contribution is -2.41. The van der Waals surface area contributed by atoms with E-state index in [9.17, 15) is 13.2 Å². The van der Waals surface area contributed by atoms with Gasteiger partial charge in [-0.2, -0.15) is 4.72 Å². The van der Waals surface area contributed by atoms with Gasteiger partial charge in [0.2, 0.25) is 15.9 Å². The van der Waals surface area contributed by atoms with E-state index in [0.717, 1.165) is 16.5 Å². The Morgan fingerprint density at radius 2 is 1.72 bits per heavy atom. The number of rotatable bonds is 6. The number of carbonyl (C=O) groups excluding carboxylic acids is 1. The summed E-state index contributed by atoms with van der Waals surface area (Å²) in [5, 5.41) is 2.07. The molecule has 1 fully saturated rings. The van der Waals surface area contributed by atoms with Gasteiger partial charge in [0.1, 0.15) is 11.9 Å². The molecule has 184 valence electrons. The Bertz CT molecular complexity index is 1590. The van der Waals surface area contributed by atoms with Gasteiger partial charge in [0.25, 0.3) is 0 Å². The molecule has 0 radical (unpaired) electrons. The number of hydrogen-bond donors (Lipinski definition) is 2. The van der Waals surface area contributed by atoms with Gasteiger partial charge in [0.15, 0.2) is 0 Å². The number of hydrogen-bond acceptors (Lipinski definition) is 4. The molecule has 1 atom stereocenters. The van der Waals surface area contributed by atoms with E-state index in [4.69, 9.17) is 17.3 Å². The zero-order valence-electron chi connectivity index (χ0n) is 19.1. The van der Waals surface area contributed by atoms with E-state index in [2.05, 4.69) is 4.72 Å². The number of amides is 1. The predicted molar refractivity (Wildman–Crippen MR) is 140 cm³/mol. The number of fused-ring (bicyclic) bond motifs is 1. The maximum absolute atomic E-state index is 15.1. The number of nitrogens with two attached hydrogens (primary N) is 1. The van der Waals surface area contributed by atoms with Crippen LogP contribution in [0.3, 0.4) is 0 Å². The standard InChI is InChI=1S/C27H23ClFN3O3S/c28-22-7-4-20-14-23(8-5-19(20)13-22)36(34,35)31-25-10-11-32(27(25)33)26-9-6-21(15-24(26)29)18-3-1-2-17(12-18)16-30/h1-9,12-15,25,31H,10-11,16,30H2. The van der Waals surface area contributed by atoms with E-state index < -0.39 is 27.8 Å². The summed E-state index contributed by atoms with van der Waals surface area (Å²) in [5.74, 6) is -1.06. The van der Waals surface area contributed by atoms with Crippen molar-refractivity contribution < 1.29 is 17.6 Å². The van der Waals surface area contributed by atoms with E-state index in [1.54, 1.807) is 36.4 Å². The zero-order valence-corrected chi connectivity index (χ0v) is 20.7. The van der Waals surface area contributed by atoms with Crippen LogP contribution in [-0.4, -0.2) is 26.9 Å². The van der Waals surface area contributed by atoms with E-state index in [1.165, 1.54) is 23.1 Å². The number of benzene rings is 4. The van der Waals surface area contributed by atoms with Crippen molar-refractivity contribution in [1.29, 1.82) is 0 Å². The van der Waals surface area contributed by atoms with Crippen LogP contribution < -0.4 is 15.4 Å². The molecule has 4 aromatic rings. The first kappa shape index (κ1) is 24.4. The first-order chi connectivity index (χ1) is 17.2. The minimum absolute atomic E-state index is 0.0406. The van der Waals surface area contributed by atoms with Gasteiger partial charge in [-0.3, -0.25) is 4.79 Å². The predicted octanol–water partition coefficient (Wildman–Crippen LogP) is 4.84. The van der Waals surface area contributed by atoms with Crippen molar-refractivity contribution in [2.45, 2.75) is 23.9 Å². The fourth-order valence-corrected chi connectivity index (χ4v) is 5.87. The van der Waals surface area contributed by atoms with Crippen molar-refractivity contribution in [3.8, 4) is 11.1 Å². The number of nitrogens with one attached hydrogen (secondary N) is 1. The van der Waals surface area contributed by atoms with Crippen LogP contribution >= 0.6 is 11.6 Å². The molecule has 9 heteroatoms. The Kier molecular flexibility index (Phi) is 6.53. The van der Waals surface area contributed by atoms with E-state index in [1.807, 2.05) is 24.3 Å². The van der Waals surface area contributed by atoms with Crippen LogP contribution in [0.4, 0.5) is 10.1 Å². The molecule has 5 rings (SSSR count). The molecule has 0 spiro atoms. The van der Waals surface area contributed by atoms with Crippen molar-refractivity contribution in [1.82, 2.24) is 4.72 Å². The molecule has 1 aliphatic heterocycles. The van der Waals surface area contributed by atoms with Gasteiger partial charge in [-0.15, -0.1) is 0 Å². The highest BCUT2D eigenvalue weighted by molar-refractivity contribution is 7.89. The fraction of sp³-hybridized carbons (Fsp3) is 0.148. The van der Waals surface area contributed by atoms with Crippen LogP contribution in [-0.2, 0) is 21.4 Å². The lowest BCUT2D eigenvalue weighted by molar-refractivity contribution is -0.118. The van der Waals surface area contributed by atoms with Gasteiger partial charge in [-0.05, 0) is 76.3 Å². The van der Waals surface area contributed by atoms with Gasteiger partial charge < -0.3 is 10.6 Å². The molecule has 1 aliphatic rings. The third-order valence-electron chi connectivity index (χ3n) is 6.32. The third-order valence-corrected chi connectivity index (χ3v) is 8.03. The number of nitrogens with zero attached hydrogens (tertiary/aromatic N) is 1. The Morgan fingerprint density at radius 1 is 0.972 bits per heavy atom. The van der Waals surface area contributed by atoms with E-state index >= 15 is 4.39 Å². The maximum Gasteiger partial charge on any atom is 0.245 e. The van der Waals surface area contributed by atoms with Crippen molar-refractivity contribution in [2.24, 2.45) is 5.73 Å². The number of sulfonamides is 1. The number of anilines is 1. The molecule has 0 aromatic heterocycles. The minimum Gasteiger partial charge on any atom is -0.326 e. The molecule has 36 heavy (non-hydrogen) atoms. The summed E-state index contributed by atoms with van der Waals surface area (Å²) in [5.41, 5.74) is 8.22.